The molecule has 0 radical (unpaired) electrons. The molecule has 124 valence electrons. The third-order valence-electron chi connectivity index (χ3n) is 5.53. The molecule has 1 unspecified atom stereocenters. The van der Waals surface area contributed by atoms with E-state index in [0.717, 1.165) is 45.6 Å². The number of methoxy groups -OCH3 is 1. The maximum absolute atomic E-state index is 12.7. The van der Waals surface area contributed by atoms with E-state index in [9.17, 15) is 4.79 Å². The average molecular weight is 331 g/mol. The van der Waals surface area contributed by atoms with Crippen molar-refractivity contribution in [3.05, 3.63) is 59.8 Å². The molecule has 1 aliphatic heterocycles. The van der Waals surface area contributed by atoms with Gasteiger partial charge in [0.25, 0.3) is 0 Å². The Morgan fingerprint density at radius 2 is 2.20 bits per heavy atom. The maximum Gasteiger partial charge on any atom is 0.235 e. The SMILES string of the molecule is C=Cc1n[nH]c2cc(C3C[C@@]34C(=O)Nc3ccc(OC)cc34)ccc12. The molecule has 1 saturated carbocycles. The van der Waals surface area contributed by atoms with Crippen LogP contribution in [0, 0.1) is 0 Å². The lowest BCUT2D eigenvalue weighted by Crippen LogP contribution is -2.21. The predicted molar refractivity (Wildman–Crippen MR) is 96.8 cm³/mol. The summed E-state index contributed by atoms with van der Waals surface area (Å²) in [5, 5.41) is 11.4. The Balaban J connectivity index is 1.59. The lowest BCUT2D eigenvalue weighted by molar-refractivity contribution is -0.118. The van der Waals surface area contributed by atoms with Gasteiger partial charge in [-0.3, -0.25) is 9.89 Å². The zero-order valence-corrected chi connectivity index (χ0v) is 13.8. The molecule has 3 aromatic rings. The normalized spacial score (nSPS) is 23.6. The van der Waals surface area contributed by atoms with Crippen LogP contribution in [0.25, 0.3) is 17.0 Å². The van der Waals surface area contributed by atoms with E-state index in [4.69, 9.17) is 4.74 Å². The van der Waals surface area contributed by atoms with Gasteiger partial charge in [0.05, 0.1) is 23.7 Å². The number of aromatic amines is 1. The summed E-state index contributed by atoms with van der Waals surface area (Å²) < 4.78 is 5.35. The van der Waals surface area contributed by atoms with E-state index in [1.807, 2.05) is 18.2 Å². The lowest BCUT2D eigenvalue weighted by atomic mass is 9.91. The molecule has 0 saturated heterocycles. The number of benzene rings is 2. The topological polar surface area (TPSA) is 67.0 Å². The van der Waals surface area contributed by atoms with E-state index in [1.54, 1.807) is 13.2 Å². The Kier molecular flexibility index (Phi) is 2.70. The smallest absolute Gasteiger partial charge is 0.235 e. The molecule has 1 aliphatic carbocycles. The number of H-pyrrole nitrogens is 1. The summed E-state index contributed by atoms with van der Waals surface area (Å²) in [6.07, 6.45) is 2.55. The van der Waals surface area contributed by atoms with Crippen molar-refractivity contribution < 1.29 is 9.53 Å². The van der Waals surface area contributed by atoms with Gasteiger partial charge in [0.15, 0.2) is 0 Å². The molecule has 1 aromatic heterocycles. The summed E-state index contributed by atoms with van der Waals surface area (Å²) >= 11 is 0. The maximum atomic E-state index is 12.7. The second-order valence-electron chi connectivity index (χ2n) is 6.71. The fourth-order valence-electron chi connectivity index (χ4n) is 4.13. The van der Waals surface area contributed by atoms with Crippen LogP contribution in [0.2, 0.25) is 0 Å². The lowest BCUT2D eigenvalue weighted by Gasteiger charge is -2.10. The number of carbonyl (C=O) groups excluding carboxylic acids is 1. The average Bonchev–Trinajstić information content (AvgIpc) is 3.17. The summed E-state index contributed by atoms with van der Waals surface area (Å²) in [6.45, 7) is 3.79. The minimum atomic E-state index is -0.473. The van der Waals surface area contributed by atoms with Crippen molar-refractivity contribution in [1.29, 1.82) is 0 Å². The molecule has 0 bridgehead atoms. The van der Waals surface area contributed by atoms with Crippen LogP contribution in [0.3, 0.4) is 0 Å². The first-order chi connectivity index (χ1) is 12.2. The number of hydrogen-bond acceptors (Lipinski definition) is 3. The second kappa shape index (κ2) is 4.72. The number of aromatic nitrogens is 2. The Bertz CT molecular complexity index is 1050. The first kappa shape index (κ1) is 14.3. The molecule has 5 nitrogen and oxygen atoms in total. The molecular weight excluding hydrogens is 314 g/mol. The van der Waals surface area contributed by atoms with Crippen molar-refractivity contribution in [3.8, 4) is 5.75 Å². The summed E-state index contributed by atoms with van der Waals surface area (Å²) in [6, 6.07) is 12.0. The number of amides is 1. The molecule has 2 aliphatic rings. The monoisotopic (exact) mass is 331 g/mol. The van der Waals surface area contributed by atoms with Crippen molar-refractivity contribution in [2.24, 2.45) is 0 Å². The number of hydrogen-bond donors (Lipinski definition) is 2. The highest BCUT2D eigenvalue weighted by Crippen LogP contribution is 2.65. The van der Waals surface area contributed by atoms with Gasteiger partial charge in [-0.25, -0.2) is 0 Å². The third kappa shape index (κ3) is 1.78. The van der Waals surface area contributed by atoms with E-state index in [0.29, 0.717) is 0 Å². The zero-order chi connectivity index (χ0) is 17.2. The van der Waals surface area contributed by atoms with Crippen LogP contribution >= 0.6 is 0 Å². The van der Waals surface area contributed by atoms with Crippen molar-refractivity contribution in [2.45, 2.75) is 17.8 Å². The molecule has 2 N–H and O–H groups in total. The van der Waals surface area contributed by atoms with E-state index in [2.05, 4.69) is 40.3 Å². The van der Waals surface area contributed by atoms with Crippen LogP contribution in [0.1, 0.15) is 29.2 Å². The van der Waals surface area contributed by atoms with Gasteiger partial charge in [0, 0.05) is 17.0 Å². The van der Waals surface area contributed by atoms with Crippen LogP contribution in [0.5, 0.6) is 5.75 Å². The van der Waals surface area contributed by atoms with E-state index in [-0.39, 0.29) is 11.8 Å². The van der Waals surface area contributed by atoms with Crippen LogP contribution < -0.4 is 10.1 Å². The van der Waals surface area contributed by atoms with Crippen LogP contribution in [0.15, 0.2) is 43.0 Å². The summed E-state index contributed by atoms with van der Waals surface area (Å²) in [5.41, 5.74) is 4.43. The van der Waals surface area contributed by atoms with Gasteiger partial charge in [-0.15, -0.1) is 0 Å². The van der Waals surface area contributed by atoms with Crippen molar-refractivity contribution in [3.63, 3.8) is 0 Å². The Morgan fingerprint density at radius 1 is 1.32 bits per heavy atom. The fraction of sp³-hybridized carbons (Fsp3) is 0.200. The fourth-order valence-corrected chi connectivity index (χ4v) is 4.13. The molecular formula is C20H17N3O2. The van der Waals surface area contributed by atoms with Crippen molar-refractivity contribution in [1.82, 2.24) is 10.2 Å². The van der Waals surface area contributed by atoms with E-state index >= 15 is 0 Å². The van der Waals surface area contributed by atoms with Gasteiger partial charge in [-0.05, 0) is 47.9 Å². The van der Waals surface area contributed by atoms with E-state index < -0.39 is 5.41 Å². The Morgan fingerprint density at radius 3 is 3.00 bits per heavy atom. The highest BCUT2D eigenvalue weighted by atomic mass is 16.5. The number of nitrogens with zero attached hydrogens (tertiary/aromatic N) is 1. The number of fused-ring (bicyclic) bond motifs is 3. The largest absolute Gasteiger partial charge is 0.497 e. The minimum absolute atomic E-state index is 0.0808. The quantitative estimate of drug-likeness (QED) is 0.771. The summed E-state index contributed by atoms with van der Waals surface area (Å²) in [4.78, 5) is 12.7. The first-order valence-electron chi connectivity index (χ1n) is 8.28. The Labute approximate surface area is 144 Å². The van der Waals surface area contributed by atoms with Gasteiger partial charge < -0.3 is 10.1 Å². The predicted octanol–water partition coefficient (Wildman–Crippen LogP) is 3.59. The van der Waals surface area contributed by atoms with Crippen LogP contribution in [-0.4, -0.2) is 23.2 Å². The Hall–Kier alpha value is -3.08. The summed E-state index contributed by atoms with van der Waals surface area (Å²) in [5.74, 6) is 1.03. The highest BCUT2D eigenvalue weighted by molar-refractivity contribution is 6.10. The molecule has 1 fully saturated rings. The standard InChI is InChI=1S/C20H17N3O2/c1-3-16-13-6-4-11(8-18(13)23-22-16)15-10-20(15)14-9-12(25-2)5-7-17(14)21-19(20)24/h3-9,15H,1,10H2,2H3,(H,21,24)(H,22,23)/t15?,20-/m0/s1. The number of rotatable bonds is 3. The number of ether oxygens (including phenoxy) is 1. The van der Waals surface area contributed by atoms with Crippen LogP contribution in [-0.2, 0) is 10.2 Å². The molecule has 5 rings (SSSR count). The highest BCUT2D eigenvalue weighted by Gasteiger charge is 2.65. The number of anilines is 1. The molecule has 1 amide bonds. The molecule has 1 spiro atoms. The molecule has 5 heteroatoms. The van der Waals surface area contributed by atoms with E-state index in [1.165, 1.54) is 0 Å². The third-order valence-corrected chi connectivity index (χ3v) is 5.53. The first-order valence-corrected chi connectivity index (χ1v) is 8.28. The number of carbonyl (C=O) groups is 1. The minimum Gasteiger partial charge on any atom is -0.497 e. The molecule has 2 aromatic carbocycles. The second-order valence-corrected chi connectivity index (χ2v) is 6.71. The zero-order valence-electron chi connectivity index (χ0n) is 13.8. The molecule has 25 heavy (non-hydrogen) atoms. The molecule has 2 heterocycles. The van der Waals surface area contributed by atoms with Crippen LogP contribution in [0.4, 0.5) is 5.69 Å². The van der Waals surface area contributed by atoms with Crippen molar-refractivity contribution in [2.75, 3.05) is 12.4 Å². The molecule has 2 atom stereocenters. The summed E-state index contributed by atoms with van der Waals surface area (Å²) in [7, 11) is 1.65. The van der Waals surface area contributed by atoms with Gasteiger partial charge in [0.1, 0.15) is 5.75 Å². The number of nitrogens with one attached hydrogen (secondary N) is 2. The van der Waals surface area contributed by atoms with Gasteiger partial charge >= 0.3 is 0 Å². The van der Waals surface area contributed by atoms with Crippen molar-refractivity contribution >= 4 is 28.6 Å². The van der Waals surface area contributed by atoms with Gasteiger partial charge in [-0.2, -0.15) is 5.10 Å². The van der Waals surface area contributed by atoms with Gasteiger partial charge in [-0.1, -0.05) is 18.7 Å². The van der Waals surface area contributed by atoms with Gasteiger partial charge in [0.2, 0.25) is 5.91 Å².